The topological polar surface area (TPSA) is 269 Å². The van der Waals surface area contributed by atoms with E-state index >= 15 is 0 Å². The van der Waals surface area contributed by atoms with Crippen molar-refractivity contribution in [1.82, 2.24) is 74.9 Å². The third-order valence-corrected chi connectivity index (χ3v) is 16.8. The number of hydrogen-bond acceptors (Lipinski definition) is 19. The van der Waals surface area contributed by atoms with Crippen LogP contribution in [-0.2, 0) is 19.6 Å². The first kappa shape index (κ1) is 64.3. The number of halogens is 4. The Morgan fingerprint density at radius 2 is 0.768 bits per heavy atom. The number of nitrogens with zero attached hydrogens (tertiary/aromatic N) is 15. The Bertz CT molecular complexity index is 4830. The van der Waals surface area contributed by atoms with E-state index in [-0.39, 0.29) is 51.3 Å². The SMILES string of the molecule is Cc1ccc(-c2ccc3nnn(CC4(CO)CC4)c(=O)c3c2)cc1.Cc1ccc(-c2ccc3nnn(CC4(COc5ncccn5)CC4)c(=O)c3c2)cc1.Clc1ncccn1.O=c1c2cc(-c3ccc(OC(F)(F)F)cc3)ccc2nnn1CC1(COc2ncccn2)CC1. The lowest BCUT2D eigenvalue weighted by Crippen LogP contribution is -2.31. The van der Waals surface area contributed by atoms with Gasteiger partial charge in [0.2, 0.25) is 5.28 Å². The van der Waals surface area contributed by atoms with E-state index in [1.165, 1.54) is 49.4 Å². The zero-order chi connectivity index (χ0) is 66.2. The van der Waals surface area contributed by atoms with Crippen LogP contribution in [0, 0.1) is 30.1 Å². The fraction of sp³-hybridized carbons (Fsp3) is 0.261. The second-order valence-corrected chi connectivity index (χ2v) is 24.3. The first-order chi connectivity index (χ1) is 45.9. The molecule has 26 heteroatoms. The van der Waals surface area contributed by atoms with Crippen LogP contribution < -0.4 is 30.9 Å². The number of rotatable bonds is 17. The molecular formula is C69H61ClF3N15O7. The van der Waals surface area contributed by atoms with Crippen LogP contribution >= 0.6 is 11.6 Å². The average Bonchev–Trinajstić information content (AvgIpc) is 1.61. The fourth-order valence-electron chi connectivity index (χ4n) is 10.4. The minimum atomic E-state index is -4.76. The molecule has 0 radical (unpaired) electrons. The van der Waals surface area contributed by atoms with Gasteiger partial charge in [-0.25, -0.2) is 43.9 Å². The van der Waals surface area contributed by atoms with Crippen molar-refractivity contribution in [2.45, 2.75) is 78.4 Å². The molecule has 6 aromatic carbocycles. The largest absolute Gasteiger partial charge is 0.573 e. The molecule has 3 saturated carbocycles. The number of alkyl halides is 3. The Kier molecular flexibility index (Phi) is 18.8. The van der Waals surface area contributed by atoms with Gasteiger partial charge in [-0.15, -0.1) is 28.5 Å². The van der Waals surface area contributed by atoms with Crippen molar-refractivity contribution in [2.24, 2.45) is 16.2 Å². The zero-order valence-corrected chi connectivity index (χ0v) is 52.2. The number of ether oxygens (including phenoxy) is 3. The Morgan fingerprint density at radius 1 is 0.453 bits per heavy atom. The van der Waals surface area contributed by atoms with E-state index in [9.17, 15) is 32.7 Å². The lowest BCUT2D eigenvalue weighted by Gasteiger charge is -2.16. The highest BCUT2D eigenvalue weighted by Crippen LogP contribution is 2.48. The molecule has 0 aliphatic heterocycles. The Morgan fingerprint density at radius 3 is 1.07 bits per heavy atom. The van der Waals surface area contributed by atoms with E-state index < -0.39 is 6.36 Å². The molecule has 0 unspecified atom stereocenters. The molecule has 482 valence electrons. The molecule has 12 aromatic rings. The Balaban J connectivity index is 0.000000131. The molecule has 0 saturated heterocycles. The summed E-state index contributed by atoms with van der Waals surface area (Å²) in [5.41, 5.74) is 8.33. The molecule has 95 heavy (non-hydrogen) atoms. The van der Waals surface area contributed by atoms with E-state index in [1.54, 1.807) is 73.6 Å². The van der Waals surface area contributed by atoms with Crippen molar-refractivity contribution >= 4 is 44.3 Å². The molecule has 0 spiro atoms. The molecule has 3 fully saturated rings. The van der Waals surface area contributed by atoms with Gasteiger partial charge < -0.3 is 19.3 Å². The van der Waals surface area contributed by atoms with Crippen molar-refractivity contribution < 1.29 is 32.5 Å². The van der Waals surface area contributed by atoms with Crippen LogP contribution in [0.2, 0.25) is 5.28 Å². The van der Waals surface area contributed by atoms with Gasteiger partial charge in [-0.2, -0.15) is 0 Å². The van der Waals surface area contributed by atoms with Crippen LogP contribution in [0.3, 0.4) is 0 Å². The van der Waals surface area contributed by atoms with Crippen LogP contribution in [0.5, 0.6) is 17.8 Å². The minimum absolute atomic E-state index is 0.0859. The van der Waals surface area contributed by atoms with Crippen LogP contribution in [0.25, 0.3) is 66.1 Å². The van der Waals surface area contributed by atoms with E-state index in [0.29, 0.717) is 88.0 Å². The molecule has 15 rings (SSSR count). The normalized spacial score (nSPS) is 14.4. The second-order valence-electron chi connectivity index (χ2n) is 24.0. The summed E-state index contributed by atoms with van der Waals surface area (Å²) in [5, 5.41) is 36.2. The lowest BCUT2D eigenvalue weighted by molar-refractivity contribution is -0.274. The Labute approximate surface area is 545 Å². The first-order valence-electron chi connectivity index (χ1n) is 30.4. The third kappa shape index (κ3) is 16.3. The molecule has 0 amide bonds. The van der Waals surface area contributed by atoms with Crippen molar-refractivity contribution in [3.8, 4) is 51.2 Å². The van der Waals surface area contributed by atoms with Crippen molar-refractivity contribution in [2.75, 3.05) is 19.8 Å². The number of benzene rings is 6. The molecule has 22 nitrogen and oxygen atoms in total. The number of aromatic nitrogens is 15. The van der Waals surface area contributed by atoms with Gasteiger partial charge in [-0.05, 0) is 164 Å². The van der Waals surface area contributed by atoms with Gasteiger partial charge in [-0.1, -0.05) is 106 Å². The maximum Gasteiger partial charge on any atom is 0.573 e. The van der Waals surface area contributed by atoms with Gasteiger partial charge in [0.05, 0.1) is 55.6 Å². The number of fused-ring (bicyclic) bond motifs is 3. The summed E-state index contributed by atoms with van der Waals surface area (Å²) in [6, 6.07) is 44.2. The van der Waals surface area contributed by atoms with E-state index in [0.717, 1.165) is 60.8 Å². The monoisotopic (exact) mass is 1300 g/mol. The highest BCUT2D eigenvalue weighted by atomic mass is 35.5. The van der Waals surface area contributed by atoms with Crippen LogP contribution in [-0.4, -0.2) is 106 Å². The predicted molar refractivity (Wildman–Crippen MR) is 348 cm³/mol. The first-order valence-corrected chi connectivity index (χ1v) is 30.8. The van der Waals surface area contributed by atoms with E-state index in [1.807, 2.05) is 43.3 Å². The summed E-state index contributed by atoms with van der Waals surface area (Å²) in [4.78, 5) is 62.6. The van der Waals surface area contributed by atoms with Crippen LogP contribution in [0.15, 0.2) is 197 Å². The second kappa shape index (κ2) is 27.8. The zero-order valence-electron chi connectivity index (χ0n) is 51.4. The number of aliphatic hydroxyl groups is 1. The standard InChI is InChI=1S/C23H18F3N5O3.C23H21N5O2.C19H19N3O2.C4H3ClN2/c24-23(25,26)34-17-5-2-15(3-6-17)16-4-7-19-18(12-16)20(32)31(30-29-19)13-22(8-9-22)14-33-21-27-10-1-11-28-21;1-16-3-5-17(6-4-16)18-7-8-20-19(13-18)21(29)28(27-26-20)14-23(9-10-23)15-30-22-24-11-2-12-25-22;1-13-2-4-14(5-3-13)15-6-7-17-16(10-15)18(24)22(21-20-17)11-19(12-23)8-9-19;5-4-6-2-1-3-7-4/h1-7,10-12H,8-9,13-14H2;2-8,11-13H,9-10,14-15H2,1H3;2-7,10,23H,8-9,11-12H2,1H3;1-3H. The van der Waals surface area contributed by atoms with Crippen molar-refractivity contribution in [1.29, 1.82) is 0 Å². The van der Waals surface area contributed by atoms with Crippen molar-refractivity contribution in [3.05, 3.63) is 230 Å². The van der Waals surface area contributed by atoms with Gasteiger partial charge in [0.25, 0.3) is 16.7 Å². The molecule has 0 atom stereocenters. The number of aliphatic hydroxyl groups excluding tert-OH is 1. The van der Waals surface area contributed by atoms with Gasteiger partial charge in [-0.3, -0.25) is 14.4 Å². The van der Waals surface area contributed by atoms with Crippen LogP contribution in [0.1, 0.15) is 49.7 Å². The maximum atomic E-state index is 13.2. The molecular weight excluding hydrogens is 1240 g/mol. The molecule has 6 heterocycles. The average molecular weight is 1300 g/mol. The van der Waals surface area contributed by atoms with Gasteiger partial charge in [0.1, 0.15) is 22.3 Å². The summed E-state index contributed by atoms with van der Waals surface area (Å²) in [7, 11) is 0. The van der Waals surface area contributed by atoms with E-state index in [2.05, 4.69) is 121 Å². The van der Waals surface area contributed by atoms with Crippen molar-refractivity contribution in [3.63, 3.8) is 0 Å². The molecule has 6 aromatic heterocycles. The molecule has 3 aliphatic carbocycles. The smallest absolute Gasteiger partial charge is 0.463 e. The van der Waals surface area contributed by atoms with Gasteiger partial charge in [0, 0.05) is 53.4 Å². The van der Waals surface area contributed by atoms with E-state index in [4.69, 9.17) is 21.1 Å². The molecule has 0 bridgehead atoms. The number of hydrogen-bond donors (Lipinski definition) is 1. The summed E-state index contributed by atoms with van der Waals surface area (Å²) in [6.45, 7) is 6.24. The quantitative estimate of drug-likeness (QED) is 0.0830. The highest BCUT2D eigenvalue weighted by Gasteiger charge is 2.46. The van der Waals surface area contributed by atoms with Crippen LogP contribution in [0.4, 0.5) is 13.2 Å². The molecule has 3 aliphatic rings. The predicted octanol–water partition coefficient (Wildman–Crippen LogP) is 11.1. The highest BCUT2D eigenvalue weighted by molar-refractivity contribution is 6.28. The number of aryl methyl sites for hydroxylation is 2. The van der Waals surface area contributed by atoms with Gasteiger partial charge in [0.15, 0.2) is 0 Å². The lowest BCUT2D eigenvalue weighted by atomic mass is 10.0. The minimum Gasteiger partial charge on any atom is -0.463 e. The summed E-state index contributed by atoms with van der Waals surface area (Å²) >= 11 is 5.32. The Hall–Kier alpha value is -10.8. The molecule has 1 N–H and O–H groups in total. The summed E-state index contributed by atoms with van der Waals surface area (Å²) in [6.07, 6.45) is 10.4. The fourth-order valence-corrected chi connectivity index (χ4v) is 10.5. The third-order valence-electron chi connectivity index (χ3n) is 16.7. The van der Waals surface area contributed by atoms with Gasteiger partial charge >= 0.3 is 18.4 Å². The maximum absolute atomic E-state index is 13.2. The summed E-state index contributed by atoms with van der Waals surface area (Å²) in [5.74, 6) is -0.317. The summed E-state index contributed by atoms with van der Waals surface area (Å²) < 4.78 is 56.7.